The Labute approximate surface area is 132 Å². The number of β-amino-alcohol motifs (C(OH)–C–C–N with tert-alkyl or cyclic N) is 1. The Morgan fingerprint density at radius 1 is 1.17 bits per heavy atom. The Hall–Kier alpha value is -2.81. The van der Waals surface area contributed by atoms with Gasteiger partial charge in [-0.25, -0.2) is 4.68 Å². The van der Waals surface area contributed by atoms with Crippen molar-refractivity contribution in [3.05, 3.63) is 42.7 Å². The number of rotatable bonds is 4. The van der Waals surface area contributed by atoms with Crippen LogP contribution in [0.25, 0.3) is 5.69 Å². The number of aliphatic hydroxyl groups is 1. The second-order valence-corrected chi connectivity index (χ2v) is 5.72. The third-order valence-corrected chi connectivity index (χ3v) is 4.00. The van der Waals surface area contributed by atoms with Crippen LogP contribution in [0.5, 0.6) is 0 Å². The lowest BCUT2D eigenvalue weighted by Gasteiger charge is -2.23. The molecular formula is C14H16N8O. The molecule has 9 nitrogen and oxygen atoms in total. The molecule has 0 saturated carbocycles. The van der Waals surface area contributed by atoms with E-state index in [4.69, 9.17) is 0 Å². The monoisotopic (exact) mass is 312 g/mol. The van der Waals surface area contributed by atoms with Gasteiger partial charge in [-0.2, -0.15) is 4.68 Å². The van der Waals surface area contributed by atoms with Crippen LogP contribution in [-0.4, -0.2) is 59.0 Å². The minimum atomic E-state index is -0.874. The summed E-state index contributed by atoms with van der Waals surface area (Å²) in [6, 6.07) is 9.70. The summed E-state index contributed by atoms with van der Waals surface area (Å²) in [5.74, 6) is 0.630. The number of hydrogen-bond donors (Lipinski definition) is 1. The molecule has 1 unspecified atom stereocenters. The molecule has 1 aromatic carbocycles. The van der Waals surface area contributed by atoms with Crippen LogP contribution in [0.2, 0.25) is 0 Å². The van der Waals surface area contributed by atoms with Crippen LogP contribution in [0.4, 0.5) is 5.95 Å². The lowest BCUT2D eigenvalue weighted by atomic mass is 10.0. The first-order chi connectivity index (χ1) is 11.2. The molecule has 0 bridgehead atoms. The molecule has 1 N–H and O–H groups in total. The van der Waals surface area contributed by atoms with E-state index < -0.39 is 5.60 Å². The zero-order valence-electron chi connectivity index (χ0n) is 12.4. The Morgan fingerprint density at radius 2 is 2.04 bits per heavy atom. The molecule has 23 heavy (non-hydrogen) atoms. The summed E-state index contributed by atoms with van der Waals surface area (Å²) in [7, 11) is 0. The Morgan fingerprint density at radius 3 is 2.83 bits per heavy atom. The molecule has 0 aliphatic carbocycles. The SMILES string of the molecule is OC1(Cn2ccnn2)CCN(c2nnnn2-c2ccccc2)C1. The van der Waals surface area contributed by atoms with Crippen LogP contribution in [0.3, 0.4) is 0 Å². The smallest absolute Gasteiger partial charge is 0.250 e. The maximum atomic E-state index is 10.8. The van der Waals surface area contributed by atoms with E-state index in [0.29, 0.717) is 32.0 Å². The third-order valence-electron chi connectivity index (χ3n) is 4.00. The molecule has 2 aromatic heterocycles. The predicted molar refractivity (Wildman–Crippen MR) is 81.0 cm³/mol. The number of para-hydroxylation sites is 1. The summed E-state index contributed by atoms with van der Waals surface area (Å²) in [5.41, 5.74) is 0.0143. The van der Waals surface area contributed by atoms with Gasteiger partial charge in [0, 0.05) is 12.7 Å². The number of anilines is 1. The lowest BCUT2D eigenvalue weighted by molar-refractivity contribution is 0.0407. The van der Waals surface area contributed by atoms with Gasteiger partial charge in [0.25, 0.3) is 0 Å². The third kappa shape index (κ3) is 2.66. The number of hydrogen-bond acceptors (Lipinski definition) is 7. The summed E-state index contributed by atoms with van der Waals surface area (Å²) in [6.45, 7) is 1.52. The van der Waals surface area contributed by atoms with Crippen molar-refractivity contribution in [2.24, 2.45) is 0 Å². The van der Waals surface area contributed by atoms with Gasteiger partial charge in [0.05, 0.1) is 25.0 Å². The highest BCUT2D eigenvalue weighted by molar-refractivity contribution is 5.41. The molecule has 1 fully saturated rings. The average molecular weight is 312 g/mol. The quantitative estimate of drug-likeness (QED) is 0.718. The van der Waals surface area contributed by atoms with Crippen LogP contribution in [0, 0.1) is 0 Å². The molecule has 1 aliphatic rings. The van der Waals surface area contributed by atoms with Crippen LogP contribution >= 0.6 is 0 Å². The average Bonchev–Trinajstić information content (AvgIpc) is 3.29. The van der Waals surface area contributed by atoms with Crippen molar-refractivity contribution < 1.29 is 5.11 Å². The van der Waals surface area contributed by atoms with Crippen molar-refractivity contribution in [3.63, 3.8) is 0 Å². The Bertz CT molecular complexity index is 771. The van der Waals surface area contributed by atoms with E-state index in [1.54, 1.807) is 21.8 Å². The van der Waals surface area contributed by atoms with E-state index in [-0.39, 0.29) is 0 Å². The van der Waals surface area contributed by atoms with Gasteiger partial charge in [-0.15, -0.1) is 5.10 Å². The Kier molecular flexibility index (Phi) is 3.27. The van der Waals surface area contributed by atoms with Gasteiger partial charge in [-0.3, -0.25) is 0 Å². The van der Waals surface area contributed by atoms with E-state index in [2.05, 4.69) is 25.8 Å². The van der Waals surface area contributed by atoms with Crippen molar-refractivity contribution in [1.82, 2.24) is 35.2 Å². The molecule has 3 aromatic rings. The van der Waals surface area contributed by atoms with Gasteiger partial charge in [-0.1, -0.05) is 28.5 Å². The highest BCUT2D eigenvalue weighted by Gasteiger charge is 2.38. The summed E-state index contributed by atoms with van der Waals surface area (Å²) in [6.07, 6.45) is 3.97. The summed E-state index contributed by atoms with van der Waals surface area (Å²) < 4.78 is 3.32. The van der Waals surface area contributed by atoms with Gasteiger partial charge < -0.3 is 10.0 Å². The summed E-state index contributed by atoms with van der Waals surface area (Å²) in [5, 5.41) is 30.4. The molecule has 0 radical (unpaired) electrons. The second kappa shape index (κ2) is 5.43. The van der Waals surface area contributed by atoms with Crippen molar-refractivity contribution >= 4 is 5.95 Å². The number of aromatic nitrogens is 7. The summed E-state index contributed by atoms with van der Waals surface area (Å²) >= 11 is 0. The van der Waals surface area contributed by atoms with E-state index >= 15 is 0 Å². The largest absolute Gasteiger partial charge is 0.386 e. The molecule has 0 spiro atoms. The van der Waals surface area contributed by atoms with E-state index in [1.165, 1.54) is 0 Å². The molecule has 118 valence electrons. The maximum absolute atomic E-state index is 10.8. The Balaban J connectivity index is 1.56. The van der Waals surface area contributed by atoms with Gasteiger partial charge >= 0.3 is 0 Å². The van der Waals surface area contributed by atoms with Crippen molar-refractivity contribution in [3.8, 4) is 5.69 Å². The molecule has 4 rings (SSSR count). The first-order valence-corrected chi connectivity index (χ1v) is 7.39. The number of benzene rings is 1. The van der Waals surface area contributed by atoms with Crippen LogP contribution in [0.1, 0.15) is 6.42 Å². The predicted octanol–water partition coefficient (Wildman–Crippen LogP) is -0.105. The van der Waals surface area contributed by atoms with E-state index in [9.17, 15) is 5.11 Å². The van der Waals surface area contributed by atoms with Crippen LogP contribution in [-0.2, 0) is 6.54 Å². The van der Waals surface area contributed by atoms with E-state index in [0.717, 1.165) is 5.69 Å². The molecule has 1 saturated heterocycles. The molecule has 1 aliphatic heterocycles. The second-order valence-electron chi connectivity index (χ2n) is 5.72. The van der Waals surface area contributed by atoms with Gasteiger partial charge in [0.15, 0.2) is 0 Å². The molecule has 0 amide bonds. The van der Waals surface area contributed by atoms with E-state index in [1.807, 2.05) is 35.2 Å². The first-order valence-electron chi connectivity index (χ1n) is 7.39. The normalized spacial score (nSPS) is 21.0. The van der Waals surface area contributed by atoms with Gasteiger partial charge in [0.2, 0.25) is 5.95 Å². The molecule has 1 atom stereocenters. The van der Waals surface area contributed by atoms with Gasteiger partial charge in [0.1, 0.15) is 5.60 Å². The zero-order chi connectivity index (χ0) is 15.7. The van der Waals surface area contributed by atoms with Crippen LogP contribution < -0.4 is 4.90 Å². The van der Waals surface area contributed by atoms with Crippen molar-refractivity contribution in [1.29, 1.82) is 0 Å². The minimum absolute atomic E-state index is 0.399. The molecule has 9 heteroatoms. The lowest BCUT2D eigenvalue weighted by Crippen LogP contribution is -2.38. The van der Waals surface area contributed by atoms with Crippen LogP contribution in [0.15, 0.2) is 42.7 Å². The minimum Gasteiger partial charge on any atom is -0.386 e. The zero-order valence-corrected chi connectivity index (χ0v) is 12.4. The van der Waals surface area contributed by atoms with Crippen molar-refractivity contribution in [2.75, 3.05) is 18.0 Å². The highest BCUT2D eigenvalue weighted by atomic mass is 16.3. The fourth-order valence-corrected chi connectivity index (χ4v) is 2.89. The highest BCUT2D eigenvalue weighted by Crippen LogP contribution is 2.27. The fraction of sp³-hybridized carbons (Fsp3) is 0.357. The molecule has 3 heterocycles. The van der Waals surface area contributed by atoms with Crippen molar-refractivity contribution in [2.45, 2.75) is 18.6 Å². The standard InChI is InChI=1S/C14H16N8O/c23-14(11-21-9-7-15-18-21)6-8-20(10-14)13-16-17-19-22(13)12-4-2-1-3-5-12/h1-5,7,9,23H,6,8,10-11H2. The molecular weight excluding hydrogens is 296 g/mol. The number of tetrazole rings is 1. The maximum Gasteiger partial charge on any atom is 0.250 e. The first kappa shape index (κ1) is 13.8. The summed E-state index contributed by atoms with van der Waals surface area (Å²) in [4.78, 5) is 1.99. The van der Waals surface area contributed by atoms with Gasteiger partial charge in [-0.05, 0) is 29.0 Å². The number of nitrogens with zero attached hydrogens (tertiary/aromatic N) is 8. The topological polar surface area (TPSA) is 97.8 Å². The fourth-order valence-electron chi connectivity index (χ4n) is 2.89.